The molecule has 0 bridgehead atoms. The summed E-state index contributed by atoms with van der Waals surface area (Å²) in [6.07, 6.45) is 0. The van der Waals surface area contributed by atoms with Gasteiger partial charge in [-0.2, -0.15) is 0 Å². The normalized spacial score (nSPS) is 10.9. The highest BCUT2D eigenvalue weighted by Crippen LogP contribution is 2.32. The zero-order valence-electron chi connectivity index (χ0n) is 10.1. The van der Waals surface area contributed by atoms with Gasteiger partial charge in [0, 0.05) is 22.2 Å². The lowest BCUT2D eigenvalue weighted by atomic mass is 10.0. The molecule has 3 aromatic rings. The Morgan fingerprint density at radius 3 is 2.41 bits per heavy atom. The number of rotatable bonds is 1. The molecular formula is C16H15N. The Kier molecular flexibility index (Phi) is 2.25. The first-order chi connectivity index (χ1) is 8.25. The average Bonchev–Trinajstić information content (AvgIpc) is 2.65. The fourth-order valence-electron chi connectivity index (χ4n) is 2.42. The van der Waals surface area contributed by atoms with Gasteiger partial charge in [-0.15, -0.1) is 0 Å². The summed E-state index contributed by atoms with van der Waals surface area (Å²) in [4.78, 5) is 3.45. The molecule has 1 N–H and O–H groups in total. The van der Waals surface area contributed by atoms with E-state index in [4.69, 9.17) is 0 Å². The number of aromatic amines is 1. The summed E-state index contributed by atoms with van der Waals surface area (Å²) in [7, 11) is 0. The third-order valence-corrected chi connectivity index (χ3v) is 3.20. The molecule has 0 spiro atoms. The third kappa shape index (κ3) is 1.64. The monoisotopic (exact) mass is 221 g/mol. The fraction of sp³-hybridized carbons (Fsp3) is 0.125. The standard InChI is InChI=1S/C16H15N/c1-11-8-9-15-14(10-11)16(12(2)17-15)13-6-4-3-5-7-13/h3-10,17H,1-2H3. The number of aryl methyl sites for hydroxylation is 2. The van der Waals surface area contributed by atoms with Crippen molar-refractivity contribution < 1.29 is 0 Å². The highest BCUT2D eigenvalue weighted by molar-refractivity contribution is 5.97. The minimum absolute atomic E-state index is 1.21. The zero-order chi connectivity index (χ0) is 11.8. The van der Waals surface area contributed by atoms with Crippen LogP contribution in [0.1, 0.15) is 11.3 Å². The van der Waals surface area contributed by atoms with Crippen LogP contribution in [0.5, 0.6) is 0 Å². The summed E-state index contributed by atoms with van der Waals surface area (Å²) >= 11 is 0. The second-order valence-corrected chi connectivity index (χ2v) is 4.54. The molecule has 1 nitrogen and oxygen atoms in total. The van der Waals surface area contributed by atoms with E-state index in [2.05, 4.69) is 67.4 Å². The van der Waals surface area contributed by atoms with Crippen LogP contribution in [-0.4, -0.2) is 4.98 Å². The quantitative estimate of drug-likeness (QED) is 0.624. The molecule has 3 rings (SSSR count). The molecule has 0 atom stereocenters. The molecular weight excluding hydrogens is 206 g/mol. The van der Waals surface area contributed by atoms with Crippen molar-refractivity contribution in [1.82, 2.24) is 4.98 Å². The smallest absolute Gasteiger partial charge is 0.0462 e. The lowest BCUT2D eigenvalue weighted by molar-refractivity contribution is 1.30. The summed E-state index contributed by atoms with van der Waals surface area (Å²) in [5.74, 6) is 0. The summed E-state index contributed by atoms with van der Waals surface area (Å²) < 4.78 is 0. The van der Waals surface area contributed by atoms with Crippen LogP contribution in [0, 0.1) is 13.8 Å². The van der Waals surface area contributed by atoms with Crippen molar-refractivity contribution >= 4 is 10.9 Å². The first-order valence-electron chi connectivity index (χ1n) is 5.90. The highest BCUT2D eigenvalue weighted by atomic mass is 14.7. The molecule has 0 saturated carbocycles. The number of aromatic nitrogens is 1. The van der Waals surface area contributed by atoms with Gasteiger partial charge in [-0.3, -0.25) is 0 Å². The molecule has 0 saturated heterocycles. The van der Waals surface area contributed by atoms with Crippen LogP contribution >= 0.6 is 0 Å². The number of hydrogen-bond acceptors (Lipinski definition) is 0. The summed E-state index contributed by atoms with van der Waals surface area (Å²) in [6, 6.07) is 17.1. The van der Waals surface area contributed by atoms with Crippen molar-refractivity contribution in [2.75, 3.05) is 0 Å². The van der Waals surface area contributed by atoms with Gasteiger partial charge < -0.3 is 4.98 Å². The second kappa shape index (κ2) is 3.77. The molecule has 0 aliphatic heterocycles. The van der Waals surface area contributed by atoms with Crippen molar-refractivity contribution in [3.05, 3.63) is 59.8 Å². The maximum atomic E-state index is 3.45. The van der Waals surface area contributed by atoms with E-state index in [-0.39, 0.29) is 0 Å². The van der Waals surface area contributed by atoms with Gasteiger partial charge in [0.2, 0.25) is 0 Å². The Morgan fingerprint density at radius 2 is 1.65 bits per heavy atom. The van der Waals surface area contributed by atoms with Gasteiger partial charge in [-0.1, -0.05) is 42.0 Å². The maximum Gasteiger partial charge on any atom is 0.0462 e. The van der Waals surface area contributed by atoms with Gasteiger partial charge >= 0.3 is 0 Å². The van der Waals surface area contributed by atoms with Crippen molar-refractivity contribution in [3.8, 4) is 11.1 Å². The van der Waals surface area contributed by atoms with Gasteiger partial charge in [-0.25, -0.2) is 0 Å². The van der Waals surface area contributed by atoms with Gasteiger partial charge in [0.05, 0.1) is 0 Å². The summed E-state index contributed by atoms with van der Waals surface area (Å²) in [6.45, 7) is 4.27. The van der Waals surface area contributed by atoms with E-state index in [9.17, 15) is 0 Å². The second-order valence-electron chi connectivity index (χ2n) is 4.54. The van der Waals surface area contributed by atoms with E-state index in [0.717, 1.165) is 0 Å². The number of hydrogen-bond donors (Lipinski definition) is 1. The minimum atomic E-state index is 1.21. The molecule has 1 aromatic heterocycles. The molecule has 84 valence electrons. The average molecular weight is 221 g/mol. The molecule has 1 heterocycles. The predicted octanol–water partition coefficient (Wildman–Crippen LogP) is 4.45. The molecule has 2 aromatic carbocycles. The highest BCUT2D eigenvalue weighted by Gasteiger charge is 2.09. The van der Waals surface area contributed by atoms with Gasteiger partial charge in [-0.05, 0) is 31.5 Å². The number of benzene rings is 2. The predicted molar refractivity (Wildman–Crippen MR) is 73.2 cm³/mol. The number of H-pyrrole nitrogens is 1. The van der Waals surface area contributed by atoms with Crippen molar-refractivity contribution in [1.29, 1.82) is 0 Å². The Morgan fingerprint density at radius 1 is 0.882 bits per heavy atom. The molecule has 0 aliphatic carbocycles. The van der Waals surface area contributed by atoms with Crippen molar-refractivity contribution in [2.45, 2.75) is 13.8 Å². The van der Waals surface area contributed by atoms with Crippen LogP contribution in [0.3, 0.4) is 0 Å². The Bertz CT molecular complexity index is 663. The first kappa shape index (κ1) is 10.2. The Hall–Kier alpha value is -2.02. The largest absolute Gasteiger partial charge is 0.358 e. The SMILES string of the molecule is Cc1ccc2[nH]c(C)c(-c3ccccc3)c2c1. The maximum absolute atomic E-state index is 3.45. The fourth-order valence-corrected chi connectivity index (χ4v) is 2.42. The summed E-state index contributed by atoms with van der Waals surface area (Å²) in [5, 5.41) is 1.31. The zero-order valence-corrected chi connectivity index (χ0v) is 10.1. The van der Waals surface area contributed by atoms with Crippen LogP contribution in [0.25, 0.3) is 22.0 Å². The lowest BCUT2D eigenvalue weighted by Crippen LogP contribution is -1.78. The molecule has 0 amide bonds. The van der Waals surface area contributed by atoms with Crippen LogP contribution in [0.2, 0.25) is 0 Å². The van der Waals surface area contributed by atoms with E-state index in [0.29, 0.717) is 0 Å². The van der Waals surface area contributed by atoms with Gasteiger partial charge in [0.15, 0.2) is 0 Å². The number of nitrogens with one attached hydrogen (secondary N) is 1. The molecule has 0 unspecified atom stereocenters. The number of fused-ring (bicyclic) bond motifs is 1. The minimum Gasteiger partial charge on any atom is -0.358 e. The van der Waals surface area contributed by atoms with E-state index in [1.54, 1.807) is 0 Å². The van der Waals surface area contributed by atoms with Gasteiger partial charge in [0.25, 0.3) is 0 Å². The molecule has 17 heavy (non-hydrogen) atoms. The van der Waals surface area contributed by atoms with Crippen LogP contribution in [-0.2, 0) is 0 Å². The van der Waals surface area contributed by atoms with E-state index in [1.165, 1.54) is 33.3 Å². The van der Waals surface area contributed by atoms with E-state index in [1.807, 2.05) is 0 Å². The first-order valence-corrected chi connectivity index (χ1v) is 5.90. The third-order valence-electron chi connectivity index (χ3n) is 3.20. The summed E-state index contributed by atoms with van der Waals surface area (Å²) in [5.41, 5.74) is 6.35. The van der Waals surface area contributed by atoms with Gasteiger partial charge in [0.1, 0.15) is 0 Å². The van der Waals surface area contributed by atoms with Crippen LogP contribution in [0.15, 0.2) is 48.5 Å². The van der Waals surface area contributed by atoms with Crippen molar-refractivity contribution in [2.24, 2.45) is 0 Å². The molecule has 0 aliphatic rings. The lowest BCUT2D eigenvalue weighted by Gasteiger charge is -2.01. The molecule has 1 heteroatoms. The molecule has 0 fully saturated rings. The van der Waals surface area contributed by atoms with E-state index >= 15 is 0 Å². The Labute approximate surface area is 101 Å². The Balaban J connectivity index is 2.35. The van der Waals surface area contributed by atoms with Crippen molar-refractivity contribution in [3.63, 3.8) is 0 Å². The van der Waals surface area contributed by atoms with Crippen LogP contribution in [0.4, 0.5) is 0 Å². The van der Waals surface area contributed by atoms with Crippen LogP contribution < -0.4 is 0 Å². The molecule has 0 radical (unpaired) electrons. The topological polar surface area (TPSA) is 15.8 Å². The van der Waals surface area contributed by atoms with E-state index < -0.39 is 0 Å².